The lowest BCUT2D eigenvalue weighted by Gasteiger charge is -2.20. The highest BCUT2D eigenvalue weighted by Crippen LogP contribution is 2.38. The van der Waals surface area contributed by atoms with E-state index in [2.05, 4.69) is 42.3 Å². The van der Waals surface area contributed by atoms with Crippen LogP contribution >= 0.6 is 0 Å². The molecule has 1 unspecified atom stereocenters. The van der Waals surface area contributed by atoms with Crippen LogP contribution in [0.2, 0.25) is 0 Å². The fraction of sp³-hybridized carbons (Fsp3) is 0.600. The predicted octanol–water partition coefficient (Wildman–Crippen LogP) is 2.78. The number of para-hydroxylation sites is 1. The van der Waals surface area contributed by atoms with E-state index in [1.54, 1.807) is 5.56 Å². The van der Waals surface area contributed by atoms with E-state index < -0.39 is 0 Å². The van der Waals surface area contributed by atoms with Gasteiger partial charge in [0, 0.05) is 24.7 Å². The highest BCUT2D eigenvalue weighted by atomic mass is 15.1. The molecule has 0 fully saturated rings. The standard InChI is InChI=1S/C15H24N2/c1-4-17-11-12(2)14-9-5-7-13(15(14)17)8-6-10-16-3/h5,7,9,12,16H,4,6,8,10-11H2,1-3H3. The van der Waals surface area contributed by atoms with Crippen molar-refractivity contribution in [3.63, 3.8) is 0 Å². The number of hydrogen-bond acceptors (Lipinski definition) is 2. The number of nitrogens with one attached hydrogen (secondary N) is 1. The number of anilines is 1. The maximum atomic E-state index is 3.23. The molecule has 1 heterocycles. The zero-order chi connectivity index (χ0) is 12.3. The Bertz CT molecular complexity index is 373. The summed E-state index contributed by atoms with van der Waals surface area (Å²) in [5.41, 5.74) is 4.61. The van der Waals surface area contributed by atoms with Crippen molar-refractivity contribution in [3.05, 3.63) is 29.3 Å². The average molecular weight is 232 g/mol. The highest BCUT2D eigenvalue weighted by molar-refractivity contribution is 5.65. The summed E-state index contributed by atoms with van der Waals surface area (Å²) in [7, 11) is 2.02. The number of fused-ring (bicyclic) bond motifs is 1. The van der Waals surface area contributed by atoms with E-state index in [9.17, 15) is 0 Å². The minimum atomic E-state index is 0.689. The van der Waals surface area contributed by atoms with Crippen molar-refractivity contribution in [2.24, 2.45) is 0 Å². The molecule has 0 aromatic heterocycles. The van der Waals surface area contributed by atoms with Gasteiger partial charge in [0.2, 0.25) is 0 Å². The van der Waals surface area contributed by atoms with E-state index in [-0.39, 0.29) is 0 Å². The SMILES string of the molecule is CCN1CC(C)c2cccc(CCCNC)c21. The molecule has 0 saturated heterocycles. The molecule has 1 aromatic carbocycles. The van der Waals surface area contributed by atoms with Gasteiger partial charge in [-0.25, -0.2) is 0 Å². The third-order valence-electron chi connectivity index (χ3n) is 3.75. The molecule has 2 heteroatoms. The Hall–Kier alpha value is -1.02. The molecule has 0 saturated carbocycles. The average Bonchev–Trinajstić information content (AvgIpc) is 2.68. The van der Waals surface area contributed by atoms with E-state index in [4.69, 9.17) is 0 Å². The van der Waals surface area contributed by atoms with Gasteiger partial charge in [-0.3, -0.25) is 0 Å². The second-order valence-electron chi connectivity index (χ2n) is 5.00. The van der Waals surface area contributed by atoms with Crippen LogP contribution < -0.4 is 10.2 Å². The molecule has 0 aliphatic carbocycles. The second kappa shape index (κ2) is 5.54. The van der Waals surface area contributed by atoms with E-state index in [1.807, 2.05) is 7.05 Å². The lowest BCUT2D eigenvalue weighted by molar-refractivity contribution is 0.722. The van der Waals surface area contributed by atoms with Gasteiger partial charge in [0.1, 0.15) is 0 Å². The van der Waals surface area contributed by atoms with Crippen LogP contribution in [-0.4, -0.2) is 26.7 Å². The van der Waals surface area contributed by atoms with Crippen LogP contribution in [0.4, 0.5) is 5.69 Å². The first-order valence-electron chi connectivity index (χ1n) is 6.79. The highest BCUT2D eigenvalue weighted by Gasteiger charge is 2.26. The van der Waals surface area contributed by atoms with Crippen molar-refractivity contribution in [2.45, 2.75) is 32.6 Å². The molecule has 94 valence electrons. The van der Waals surface area contributed by atoms with E-state index in [0.717, 1.165) is 13.1 Å². The summed E-state index contributed by atoms with van der Waals surface area (Å²) in [6.07, 6.45) is 2.41. The minimum Gasteiger partial charge on any atom is -0.371 e. The Labute approximate surface area is 105 Å². The summed E-state index contributed by atoms with van der Waals surface area (Å²) in [6, 6.07) is 6.83. The van der Waals surface area contributed by atoms with Gasteiger partial charge in [-0.15, -0.1) is 0 Å². The van der Waals surface area contributed by atoms with Crippen LogP contribution in [0.15, 0.2) is 18.2 Å². The summed E-state index contributed by atoms with van der Waals surface area (Å²) in [5.74, 6) is 0.689. The normalized spacial score (nSPS) is 18.5. The zero-order valence-electron chi connectivity index (χ0n) is 11.3. The topological polar surface area (TPSA) is 15.3 Å². The van der Waals surface area contributed by atoms with Crippen molar-refractivity contribution < 1.29 is 0 Å². The Morgan fingerprint density at radius 1 is 1.41 bits per heavy atom. The summed E-state index contributed by atoms with van der Waals surface area (Å²) in [4.78, 5) is 2.54. The van der Waals surface area contributed by atoms with Gasteiger partial charge >= 0.3 is 0 Å². The van der Waals surface area contributed by atoms with Crippen LogP contribution in [0.3, 0.4) is 0 Å². The van der Waals surface area contributed by atoms with Crippen LogP contribution in [0.1, 0.15) is 37.3 Å². The molecule has 17 heavy (non-hydrogen) atoms. The fourth-order valence-corrected chi connectivity index (χ4v) is 2.86. The molecule has 2 rings (SSSR count). The minimum absolute atomic E-state index is 0.689. The molecule has 1 aliphatic rings. The van der Waals surface area contributed by atoms with Crippen LogP contribution in [0.25, 0.3) is 0 Å². The number of aryl methyl sites for hydroxylation is 1. The Morgan fingerprint density at radius 2 is 2.24 bits per heavy atom. The Morgan fingerprint density at radius 3 is 2.94 bits per heavy atom. The summed E-state index contributed by atoms with van der Waals surface area (Å²) < 4.78 is 0. The first kappa shape index (κ1) is 12.4. The number of rotatable bonds is 5. The number of likely N-dealkylation sites (N-methyl/N-ethyl adjacent to an activating group) is 1. The van der Waals surface area contributed by atoms with Crippen molar-refractivity contribution in [2.75, 3.05) is 31.6 Å². The number of hydrogen-bond donors (Lipinski definition) is 1. The lowest BCUT2D eigenvalue weighted by Crippen LogP contribution is -2.21. The van der Waals surface area contributed by atoms with E-state index >= 15 is 0 Å². The quantitative estimate of drug-likeness (QED) is 0.785. The number of benzene rings is 1. The van der Waals surface area contributed by atoms with Crippen molar-refractivity contribution in [1.29, 1.82) is 0 Å². The van der Waals surface area contributed by atoms with Crippen molar-refractivity contribution in [3.8, 4) is 0 Å². The number of nitrogens with zero attached hydrogens (tertiary/aromatic N) is 1. The summed E-state index contributed by atoms with van der Waals surface area (Å²) in [6.45, 7) is 8.01. The molecule has 1 aliphatic heterocycles. The smallest absolute Gasteiger partial charge is 0.0434 e. The van der Waals surface area contributed by atoms with Crippen molar-refractivity contribution >= 4 is 5.69 Å². The molecule has 0 radical (unpaired) electrons. The van der Waals surface area contributed by atoms with Gasteiger partial charge < -0.3 is 10.2 Å². The molecule has 0 spiro atoms. The maximum absolute atomic E-state index is 3.23. The molecule has 1 N–H and O–H groups in total. The van der Waals surface area contributed by atoms with Crippen LogP contribution in [0.5, 0.6) is 0 Å². The first-order valence-corrected chi connectivity index (χ1v) is 6.79. The van der Waals surface area contributed by atoms with Crippen LogP contribution in [0, 0.1) is 0 Å². The fourth-order valence-electron chi connectivity index (χ4n) is 2.86. The van der Waals surface area contributed by atoms with E-state index in [0.29, 0.717) is 5.92 Å². The van der Waals surface area contributed by atoms with Gasteiger partial charge in [0.15, 0.2) is 0 Å². The molecule has 1 atom stereocenters. The van der Waals surface area contributed by atoms with Crippen molar-refractivity contribution in [1.82, 2.24) is 5.32 Å². The van der Waals surface area contributed by atoms with Gasteiger partial charge in [0.05, 0.1) is 0 Å². The van der Waals surface area contributed by atoms with Gasteiger partial charge in [-0.2, -0.15) is 0 Å². The molecule has 0 amide bonds. The molecular formula is C15H24N2. The monoisotopic (exact) mass is 232 g/mol. The third kappa shape index (κ3) is 2.47. The molecule has 1 aromatic rings. The van der Waals surface area contributed by atoms with E-state index in [1.165, 1.54) is 30.6 Å². The lowest BCUT2D eigenvalue weighted by atomic mass is 9.98. The first-order chi connectivity index (χ1) is 8.27. The van der Waals surface area contributed by atoms with Crippen LogP contribution in [-0.2, 0) is 6.42 Å². The van der Waals surface area contributed by atoms with Gasteiger partial charge in [0.25, 0.3) is 0 Å². The Balaban J connectivity index is 2.22. The van der Waals surface area contributed by atoms with Gasteiger partial charge in [-0.05, 0) is 44.5 Å². The molecule has 2 nitrogen and oxygen atoms in total. The Kier molecular flexibility index (Phi) is 4.06. The summed E-state index contributed by atoms with van der Waals surface area (Å²) in [5, 5.41) is 3.23. The summed E-state index contributed by atoms with van der Waals surface area (Å²) >= 11 is 0. The molecular weight excluding hydrogens is 208 g/mol. The molecule has 0 bridgehead atoms. The second-order valence-corrected chi connectivity index (χ2v) is 5.00. The maximum Gasteiger partial charge on any atom is 0.0434 e. The zero-order valence-corrected chi connectivity index (χ0v) is 11.3. The van der Waals surface area contributed by atoms with Gasteiger partial charge in [-0.1, -0.05) is 25.1 Å². The predicted molar refractivity (Wildman–Crippen MR) is 75.0 cm³/mol. The third-order valence-corrected chi connectivity index (χ3v) is 3.75. The largest absolute Gasteiger partial charge is 0.371 e.